The molecule has 0 aromatic rings. The molecule has 1 saturated heterocycles. The lowest BCUT2D eigenvalue weighted by Gasteiger charge is -2.33. The van der Waals surface area contributed by atoms with Crippen molar-refractivity contribution >= 4 is 11.6 Å². The molecular formula is C10H20ClNO. The lowest BCUT2D eigenvalue weighted by Crippen LogP contribution is -2.37. The quantitative estimate of drug-likeness (QED) is 0.707. The van der Waals surface area contributed by atoms with Crippen molar-refractivity contribution in [1.29, 1.82) is 0 Å². The number of piperidine rings is 1. The molecule has 2 nitrogen and oxygen atoms in total. The van der Waals surface area contributed by atoms with E-state index >= 15 is 0 Å². The molecule has 1 aliphatic rings. The van der Waals surface area contributed by atoms with Crippen LogP contribution in [0.25, 0.3) is 0 Å². The lowest BCUT2D eigenvalue weighted by atomic mass is 9.92. The Labute approximate surface area is 85.9 Å². The molecule has 1 fully saturated rings. The Hall–Kier alpha value is 0.210. The average molecular weight is 206 g/mol. The maximum absolute atomic E-state index is 9.40. The number of nitrogens with zero attached hydrogens (tertiary/aromatic N) is 1. The minimum absolute atomic E-state index is 0.129. The molecule has 0 radical (unpaired) electrons. The zero-order chi connectivity index (χ0) is 9.68. The van der Waals surface area contributed by atoms with Crippen molar-refractivity contribution in [1.82, 2.24) is 4.90 Å². The fraction of sp³-hybridized carbons (Fsp3) is 1.00. The molecule has 78 valence electrons. The Morgan fingerprint density at radius 2 is 2.08 bits per heavy atom. The minimum atomic E-state index is -0.129. The summed E-state index contributed by atoms with van der Waals surface area (Å²) in [6, 6.07) is 0. The van der Waals surface area contributed by atoms with E-state index in [9.17, 15) is 5.11 Å². The fourth-order valence-corrected chi connectivity index (χ4v) is 2.06. The summed E-state index contributed by atoms with van der Waals surface area (Å²) >= 11 is 5.63. The molecule has 1 N–H and O–H groups in total. The van der Waals surface area contributed by atoms with Crippen molar-refractivity contribution < 1.29 is 5.11 Å². The Morgan fingerprint density at radius 1 is 1.46 bits per heavy atom. The Balaban J connectivity index is 2.15. The van der Waals surface area contributed by atoms with Gasteiger partial charge >= 0.3 is 0 Å². The first kappa shape index (κ1) is 11.3. The first-order valence-corrected chi connectivity index (χ1v) is 5.74. The topological polar surface area (TPSA) is 23.5 Å². The lowest BCUT2D eigenvalue weighted by molar-refractivity contribution is 0.0720. The van der Waals surface area contributed by atoms with Gasteiger partial charge in [-0.15, -0.1) is 11.6 Å². The van der Waals surface area contributed by atoms with Gasteiger partial charge in [0.15, 0.2) is 0 Å². The molecule has 3 heteroatoms. The van der Waals surface area contributed by atoms with Crippen molar-refractivity contribution in [2.75, 3.05) is 25.5 Å². The van der Waals surface area contributed by atoms with E-state index in [0.717, 1.165) is 44.8 Å². The Kier molecular flexibility index (Phi) is 5.07. The molecule has 1 rings (SSSR count). The second-order valence-electron chi connectivity index (χ2n) is 3.96. The van der Waals surface area contributed by atoms with Gasteiger partial charge in [-0.1, -0.05) is 0 Å². The average Bonchev–Trinajstić information content (AvgIpc) is 2.15. The van der Waals surface area contributed by atoms with Crippen LogP contribution in [0.2, 0.25) is 0 Å². The predicted molar refractivity (Wildman–Crippen MR) is 56.2 cm³/mol. The van der Waals surface area contributed by atoms with Crippen molar-refractivity contribution in [3.05, 3.63) is 0 Å². The van der Waals surface area contributed by atoms with Crippen molar-refractivity contribution in [3.8, 4) is 0 Å². The zero-order valence-electron chi connectivity index (χ0n) is 8.38. The van der Waals surface area contributed by atoms with Gasteiger partial charge in [0.25, 0.3) is 0 Å². The molecule has 1 heterocycles. The highest BCUT2D eigenvalue weighted by Crippen LogP contribution is 2.20. The monoisotopic (exact) mass is 205 g/mol. The van der Waals surface area contributed by atoms with E-state index in [-0.39, 0.29) is 6.10 Å². The van der Waals surface area contributed by atoms with Crippen LogP contribution in [0.3, 0.4) is 0 Å². The van der Waals surface area contributed by atoms with E-state index in [1.54, 1.807) is 0 Å². The van der Waals surface area contributed by atoms with E-state index in [1.807, 2.05) is 6.92 Å². The summed E-state index contributed by atoms with van der Waals surface area (Å²) in [5.41, 5.74) is 0. The number of likely N-dealkylation sites (tertiary alicyclic amines) is 1. The van der Waals surface area contributed by atoms with Gasteiger partial charge in [-0.3, -0.25) is 0 Å². The fourth-order valence-electron chi connectivity index (χ4n) is 1.94. The third-order valence-electron chi connectivity index (χ3n) is 2.92. The molecular weight excluding hydrogens is 186 g/mol. The Morgan fingerprint density at radius 3 is 2.54 bits per heavy atom. The number of halogens is 1. The van der Waals surface area contributed by atoms with Gasteiger partial charge < -0.3 is 10.0 Å². The summed E-state index contributed by atoms with van der Waals surface area (Å²) in [5.74, 6) is 1.28. The van der Waals surface area contributed by atoms with Crippen molar-refractivity contribution in [2.45, 2.75) is 32.3 Å². The number of hydrogen-bond donors (Lipinski definition) is 1. The van der Waals surface area contributed by atoms with Gasteiger partial charge in [-0.25, -0.2) is 0 Å². The van der Waals surface area contributed by atoms with Crippen LogP contribution >= 0.6 is 11.6 Å². The largest absolute Gasteiger partial charge is 0.393 e. The van der Waals surface area contributed by atoms with Gasteiger partial charge in [-0.05, 0) is 51.7 Å². The molecule has 0 unspecified atom stereocenters. The smallest absolute Gasteiger partial charge is 0.0541 e. The summed E-state index contributed by atoms with van der Waals surface area (Å²) in [6.07, 6.45) is 3.23. The van der Waals surface area contributed by atoms with Gasteiger partial charge in [0.1, 0.15) is 0 Å². The highest BCUT2D eigenvalue weighted by molar-refractivity contribution is 6.17. The summed E-state index contributed by atoms with van der Waals surface area (Å²) < 4.78 is 0. The SMILES string of the molecule is C[C@@H](O)C1CCN(CCCCl)CC1. The summed E-state index contributed by atoms with van der Waals surface area (Å²) in [6.45, 7) is 5.29. The Bertz CT molecular complexity index is 133. The third-order valence-corrected chi connectivity index (χ3v) is 3.19. The highest BCUT2D eigenvalue weighted by atomic mass is 35.5. The molecule has 0 aromatic carbocycles. The molecule has 1 atom stereocenters. The van der Waals surface area contributed by atoms with Gasteiger partial charge in [0.05, 0.1) is 6.10 Å². The maximum atomic E-state index is 9.40. The van der Waals surface area contributed by atoms with E-state index in [2.05, 4.69) is 4.90 Å². The summed E-state index contributed by atoms with van der Waals surface area (Å²) in [7, 11) is 0. The molecule has 0 aliphatic carbocycles. The van der Waals surface area contributed by atoms with Gasteiger partial charge in [0, 0.05) is 5.88 Å². The van der Waals surface area contributed by atoms with Gasteiger partial charge in [-0.2, -0.15) is 0 Å². The first-order valence-electron chi connectivity index (χ1n) is 5.20. The van der Waals surface area contributed by atoms with Crippen LogP contribution in [0.5, 0.6) is 0 Å². The zero-order valence-corrected chi connectivity index (χ0v) is 9.13. The molecule has 0 aromatic heterocycles. The number of rotatable bonds is 4. The van der Waals surface area contributed by atoms with E-state index in [0.29, 0.717) is 5.92 Å². The molecule has 0 spiro atoms. The third kappa shape index (κ3) is 3.84. The minimum Gasteiger partial charge on any atom is -0.393 e. The van der Waals surface area contributed by atoms with Crippen LogP contribution in [-0.2, 0) is 0 Å². The normalized spacial score (nSPS) is 23.3. The van der Waals surface area contributed by atoms with Crippen molar-refractivity contribution in [3.63, 3.8) is 0 Å². The van der Waals surface area contributed by atoms with Crippen LogP contribution in [-0.4, -0.2) is 41.6 Å². The van der Waals surface area contributed by atoms with Crippen LogP contribution < -0.4 is 0 Å². The predicted octanol–water partition coefficient (Wildman–Crippen LogP) is 1.71. The molecule has 0 amide bonds. The van der Waals surface area contributed by atoms with Gasteiger partial charge in [0.2, 0.25) is 0 Å². The van der Waals surface area contributed by atoms with Crippen LogP contribution in [0, 0.1) is 5.92 Å². The standard InChI is InChI=1S/C10H20ClNO/c1-9(13)10-3-7-12(8-4-10)6-2-5-11/h9-10,13H,2-8H2,1H3/t9-/m1/s1. The number of hydrogen-bond acceptors (Lipinski definition) is 2. The van der Waals surface area contributed by atoms with Crippen molar-refractivity contribution in [2.24, 2.45) is 5.92 Å². The van der Waals surface area contributed by atoms with E-state index < -0.39 is 0 Å². The number of aliphatic hydroxyl groups is 1. The molecule has 0 bridgehead atoms. The number of alkyl halides is 1. The van der Waals surface area contributed by atoms with E-state index in [4.69, 9.17) is 11.6 Å². The highest BCUT2D eigenvalue weighted by Gasteiger charge is 2.21. The second kappa shape index (κ2) is 5.84. The second-order valence-corrected chi connectivity index (χ2v) is 4.34. The summed E-state index contributed by atoms with van der Waals surface area (Å²) in [5, 5.41) is 9.40. The maximum Gasteiger partial charge on any atom is 0.0541 e. The van der Waals surface area contributed by atoms with Crippen LogP contribution in [0.15, 0.2) is 0 Å². The van der Waals surface area contributed by atoms with Crippen LogP contribution in [0.4, 0.5) is 0 Å². The molecule has 0 saturated carbocycles. The van der Waals surface area contributed by atoms with Crippen LogP contribution in [0.1, 0.15) is 26.2 Å². The number of aliphatic hydroxyl groups excluding tert-OH is 1. The first-order chi connectivity index (χ1) is 6.24. The summed E-state index contributed by atoms with van der Waals surface area (Å²) in [4.78, 5) is 2.45. The molecule has 1 aliphatic heterocycles. The van der Waals surface area contributed by atoms with E-state index in [1.165, 1.54) is 0 Å². The molecule has 13 heavy (non-hydrogen) atoms.